The number of nitrogens with one attached hydrogen (secondary N) is 1. The van der Waals surface area contributed by atoms with Gasteiger partial charge in [-0.1, -0.05) is 12.1 Å². The number of alkyl carbamates (subject to hydrolysis) is 1. The first-order chi connectivity index (χ1) is 7.90. The second kappa shape index (κ2) is 5.67. The lowest BCUT2D eigenvalue weighted by atomic mass is 10.2. The lowest BCUT2D eigenvalue weighted by Crippen LogP contribution is -2.18. The standard InChI is InChI=1S/C9H12NO6P/c1-10-9(11)15-6-7-2-4-8(5-3-7)16-17(12,13)14/h2-5H,6H2,1H3,(H,10,11)(H2,12,13,14). The van der Waals surface area contributed by atoms with Crippen molar-refractivity contribution >= 4 is 13.9 Å². The van der Waals surface area contributed by atoms with Crippen LogP contribution in [0.2, 0.25) is 0 Å². The van der Waals surface area contributed by atoms with Gasteiger partial charge >= 0.3 is 13.9 Å². The van der Waals surface area contributed by atoms with Crippen LogP contribution in [0.15, 0.2) is 24.3 Å². The second-order valence-electron chi connectivity index (χ2n) is 3.05. The van der Waals surface area contributed by atoms with Gasteiger partial charge in [-0.3, -0.25) is 9.79 Å². The fourth-order valence-electron chi connectivity index (χ4n) is 1.00. The molecule has 0 radical (unpaired) electrons. The fourth-order valence-corrected chi connectivity index (χ4v) is 1.40. The zero-order valence-corrected chi connectivity index (χ0v) is 9.89. The van der Waals surface area contributed by atoms with E-state index in [9.17, 15) is 9.36 Å². The van der Waals surface area contributed by atoms with Crippen LogP contribution < -0.4 is 9.84 Å². The van der Waals surface area contributed by atoms with Crippen molar-refractivity contribution in [3.8, 4) is 5.75 Å². The van der Waals surface area contributed by atoms with Gasteiger partial charge in [0.05, 0.1) is 0 Å². The predicted molar refractivity (Wildman–Crippen MR) is 58.4 cm³/mol. The van der Waals surface area contributed by atoms with Crippen LogP contribution in [0.5, 0.6) is 5.75 Å². The van der Waals surface area contributed by atoms with Gasteiger partial charge < -0.3 is 14.6 Å². The lowest BCUT2D eigenvalue weighted by molar-refractivity contribution is 0.142. The molecule has 3 N–H and O–H groups in total. The largest absolute Gasteiger partial charge is 0.524 e. The van der Waals surface area contributed by atoms with E-state index in [1.807, 2.05) is 0 Å². The summed E-state index contributed by atoms with van der Waals surface area (Å²) >= 11 is 0. The number of ether oxygens (including phenoxy) is 1. The lowest BCUT2D eigenvalue weighted by Gasteiger charge is -2.07. The van der Waals surface area contributed by atoms with Crippen LogP contribution in [-0.2, 0) is 15.9 Å². The van der Waals surface area contributed by atoms with E-state index in [4.69, 9.17) is 14.5 Å². The molecule has 17 heavy (non-hydrogen) atoms. The van der Waals surface area contributed by atoms with E-state index in [0.717, 1.165) is 0 Å². The Morgan fingerprint density at radius 1 is 1.35 bits per heavy atom. The highest BCUT2D eigenvalue weighted by molar-refractivity contribution is 7.46. The SMILES string of the molecule is CNC(=O)OCc1ccc(OP(=O)(O)O)cc1. The number of amides is 1. The van der Waals surface area contributed by atoms with Gasteiger partial charge in [-0.05, 0) is 17.7 Å². The van der Waals surface area contributed by atoms with E-state index >= 15 is 0 Å². The molecular formula is C9H12NO6P. The number of phosphoric acid groups is 1. The Morgan fingerprint density at radius 3 is 2.41 bits per heavy atom. The van der Waals surface area contributed by atoms with Crippen LogP contribution in [0, 0.1) is 0 Å². The smallest absolute Gasteiger partial charge is 0.445 e. The van der Waals surface area contributed by atoms with E-state index in [1.54, 1.807) is 0 Å². The molecule has 0 heterocycles. The highest BCUT2D eigenvalue weighted by Gasteiger charge is 2.15. The summed E-state index contributed by atoms with van der Waals surface area (Å²) in [7, 11) is -3.09. The quantitative estimate of drug-likeness (QED) is 0.699. The normalized spacial score (nSPS) is 10.8. The Labute approximate surface area is 97.6 Å². The molecule has 1 amide bonds. The van der Waals surface area contributed by atoms with Gasteiger partial charge in [-0.15, -0.1) is 0 Å². The summed E-state index contributed by atoms with van der Waals surface area (Å²) in [6.45, 7) is 0.0653. The maximum Gasteiger partial charge on any atom is 0.524 e. The molecule has 0 saturated heterocycles. The van der Waals surface area contributed by atoms with Crippen LogP contribution >= 0.6 is 7.82 Å². The summed E-state index contributed by atoms with van der Waals surface area (Å²) < 4.78 is 19.7. The first kappa shape index (κ1) is 13.5. The molecule has 0 aliphatic heterocycles. The first-order valence-corrected chi connectivity index (χ1v) is 6.12. The highest BCUT2D eigenvalue weighted by atomic mass is 31.2. The molecule has 0 atom stereocenters. The average Bonchev–Trinajstić information content (AvgIpc) is 2.25. The van der Waals surface area contributed by atoms with Gasteiger partial charge in [-0.2, -0.15) is 0 Å². The van der Waals surface area contributed by atoms with Gasteiger partial charge in [0.15, 0.2) is 0 Å². The highest BCUT2D eigenvalue weighted by Crippen LogP contribution is 2.37. The second-order valence-corrected chi connectivity index (χ2v) is 4.22. The topological polar surface area (TPSA) is 105 Å². The Morgan fingerprint density at radius 2 is 1.94 bits per heavy atom. The van der Waals surface area contributed by atoms with Crippen molar-refractivity contribution in [1.82, 2.24) is 5.32 Å². The van der Waals surface area contributed by atoms with Crippen molar-refractivity contribution in [3.63, 3.8) is 0 Å². The van der Waals surface area contributed by atoms with E-state index in [-0.39, 0.29) is 12.4 Å². The van der Waals surface area contributed by atoms with Gasteiger partial charge in [0.2, 0.25) is 0 Å². The van der Waals surface area contributed by atoms with Crippen molar-refractivity contribution in [1.29, 1.82) is 0 Å². The Balaban J connectivity index is 2.56. The fraction of sp³-hybridized carbons (Fsp3) is 0.222. The number of carbonyl (C=O) groups excluding carboxylic acids is 1. The van der Waals surface area contributed by atoms with Crippen molar-refractivity contribution in [2.24, 2.45) is 0 Å². The Bertz CT molecular complexity index is 426. The molecule has 94 valence electrons. The summed E-state index contributed by atoms with van der Waals surface area (Å²) in [6.07, 6.45) is -0.555. The number of phosphoric ester groups is 1. The summed E-state index contributed by atoms with van der Waals surface area (Å²) in [5.74, 6) is 0.0435. The number of hydrogen-bond donors (Lipinski definition) is 3. The maximum atomic E-state index is 10.8. The molecule has 0 aliphatic rings. The van der Waals surface area contributed by atoms with Gasteiger partial charge in [0.1, 0.15) is 12.4 Å². The van der Waals surface area contributed by atoms with E-state index < -0.39 is 13.9 Å². The summed E-state index contributed by atoms with van der Waals surface area (Å²) in [5.41, 5.74) is 0.673. The summed E-state index contributed by atoms with van der Waals surface area (Å²) in [5, 5.41) is 2.29. The monoisotopic (exact) mass is 261 g/mol. The van der Waals surface area contributed by atoms with Crippen LogP contribution in [0.4, 0.5) is 4.79 Å². The molecule has 1 aromatic carbocycles. The number of rotatable bonds is 4. The zero-order valence-electron chi connectivity index (χ0n) is 8.99. The predicted octanol–water partition coefficient (Wildman–Crippen LogP) is 1.01. The number of carbonyl (C=O) groups is 1. The van der Waals surface area contributed by atoms with Crippen LogP contribution in [0.3, 0.4) is 0 Å². The third kappa shape index (κ3) is 5.35. The molecule has 0 saturated carbocycles. The molecule has 0 bridgehead atoms. The van der Waals surface area contributed by atoms with Crippen molar-refractivity contribution in [3.05, 3.63) is 29.8 Å². The molecule has 0 aromatic heterocycles. The number of hydrogen-bond acceptors (Lipinski definition) is 4. The Hall–Kier alpha value is -1.56. The minimum Gasteiger partial charge on any atom is -0.445 e. The maximum absolute atomic E-state index is 10.8. The van der Waals surface area contributed by atoms with Crippen LogP contribution in [0.1, 0.15) is 5.56 Å². The molecule has 7 nitrogen and oxygen atoms in total. The first-order valence-electron chi connectivity index (χ1n) is 4.59. The zero-order chi connectivity index (χ0) is 12.9. The van der Waals surface area contributed by atoms with E-state index in [0.29, 0.717) is 5.56 Å². The van der Waals surface area contributed by atoms with Gasteiger partial charge in [-0.25, -0.2) is 9.36 Å². The minimum atomic E-state index is -4.53. The number of benzene rings is 1. The van der Waals surface area contributed by atoms with E-state index in [1.165, 1.54) is 31.3 Å². The molecule has 1 rings (SSSR count). The molecule has 0 fully saturated rings. The Kier molecular flexibility index (Phi) is 4.51. The van der Waals surface area contributed by atoms with Gasteiger partial charge in [0, 0.05) is 7.05 Å². The molecule has 8 heteroatoms. The summed E-state index contributed by atoms with van der Waals surface area (Å²) in [6, 6.07) is 5.82. The summed E-state index contributed by atoms with van der Waals surface area (Å²) in [4.78, 5) is 27.9. The molecular weight excluding hydrogens is 249 g/mol. The van der Waals surface area contributed by atoms with Crippen molar-refractivity contribution < 1.29 is 28.4 Å². The molecule has 1 aromatic rings. The van der Waals surface area contributed by atoms with Crippen LogP contribution in [-0.4, -0.2) is 22.9 Å². The van der Waals surface area contributed by atoms with Crippen molar-refractivity contribution in [2.45, 2.75) is 6.61 Å². The van der Waals surface area contributed by atoms with Crippen LogP contribution in [0.25, 0.3) is 0 Å². The van der Waals surface area contributed by atoms with E-state index in [2.05, 4.69) is 9.84 Å². The average molecular weight is 261 g/mol. The third-order valence-electron chi connectivity index (χ3n) is 1.72. The van der Waals surface area contributed by atoms with Gasteiger partial charge in [0.25, 0.3) is 0 Å². The van der Waals surface area contributed by atoms with Crippen molar-refractivity contribution in [2.75, 3.05) is 7.05 Å². The minimum absolute atomic E-state index is 0.0435. The third-order valence-corrected chi connectivity index (χ3v) is 2.17. The molecule has 0 unspecified atom stereocenters. The molecule has 0 spiro atoms. The molecule has 0 aliphatic carbocycles.